The molecule has 2 aromatic heterocycles. The Hall–Kier alpha value is -3.56. The monoisotopic (exact) mass is 512 g/mol. The molecule has 1 aliphatic heterocycles. The minimum absolute atomic E-state index is 0.0333. The van der Waals surface area contributed by atoms with Crippen LogP contribution >= 0.6 is 22.9 Å². The van der Waals surface area contributed by atoms with Gasteiger partial charge in [0.25, 0.3) is 5.91 Å². The second-order valence-corrected chi connectivity index (χ2v) is 9.61. The second kappa shape index (κ2) is 8.58. The highest BCUT2D eigenvalue weighted by Gasteiger charge is 2.45. The summed E-state index contributed by atoms with van der Waals surface area (Å²) in [4.78, 5) is 34.6. The molecule has 0 fully saturated rings. The lowest BCUT2D eigenvalue weighted by atomic mass is 9.98. The molecule has 1 atom stereocenters. The number of thiazole rings is 1. The molecule has 10 heteroatoms. The van der Waals surface area contributed by atoms with Crippen LogP contribution in [0, 0.1) is 13.8 Å². The summed E-state index contributed by atoms with van der Waals surface area (Å²) in [5.74, 6) is 0.688. The SMILES string of the molecule is COc1cc([C@@H]2c3c(oc4ccc(Cl)cc4c3=O)C(=O)N2c2nc(C)c(C)s2)cc(OC)c1OC. The molecule has 3 heterocycles. The lowest BCUT2D eigenvalue weighted by molar-refractivity contribution is 0.0971. The molecule has 1 aliphatic rings. The van der Waals surface area contributed by atoms with Crippen molar-refractivity contribution in [2.45, 2.75) is 19.9 Å². The van der Waals surface area contributed by atoms with E-state index < -0.39 is 11.9 Å². The van der Waals surface area contributed by atoms with Crippen LogP contribution in [-0.4, -0.2) is 32.2 Å². The van der Waals surface area contributed by atoms with E-state index in [2.05, 4.69) is 4.98 Å². The van der Waals surface area contributed by atoms with Crippen LogP contribution in [0.3, 0.4) is 0 Å². The lowest BCUT2D eigenvalue weighted by Gasteiger charge is -2.24. The first-order chi connectivity index (χ1) is 16.8. The first kappa shape index (κ1) is 23.2. The van der Waals surface area contributed by atoms with Crippen molar-refractivity contribution in [2.75, 3.05) is 26.2 Å². The van der Waals surface area contributed by atoms with Crippen molar-refractivity contribution >= 4 is 44.9 Å². The van der Waals surface area contributed by atoms with E-state index in [1.807, 2.05) is 13.8 Å². The molecular weight excluding hydrogens is 492 g/mol. The maximum absolute atomic E-state index is 13.8. The van der Waals surface area contributed by atoms with E-state index in [9.17, 15) is 9.59 Å². The Morgan fingerprint density at radius 2 is 1.71 bits per heavy atom. The minimum Gasteiger partial charge on any atom is -0.493 e. The average molecular weight is 513 g/mol. The number of hydrogen-bond acceptors (Lipinski definition) is 8. The van der Waals surface area contributed by atoms with Crippen molar-refractivity contribution in [3.63, 3.8) is 0 Å². The largest absolute Gasteiger partial charge is 0.493 e. The van der Waals surface area contributed by atoms with Crippen molar-refractivity contribution in [1.29, 1.82) is 0 Å². The second-order valence-electron chi connectivity index (χ2n) is 7.99. The van der Waals surface area contributed by atoms with Gasteiger partial charge in [-0.1, -0.05) is 11.6 Å². The normalized spacial score (nSPS) is 15.0. The molecule has 4 aromatic rings. The van der Waals surface area contributed by atoms with Crippen LogP contribution in [0.25, 0.3) is 11.0 Å². The Bertz CT molecular complexity index is 1520. The fourth-order valence-electron chi connectivity index (χ4n) is 4.28. The smallest absolute Gasteiger partial charge is 0.297 e. The van der Waals surface area contributed by atoms with Crippen LogP contribution in [0.4, 0.5) is 5.13 Å². The number of nitrogens with zero attached hydrogens (tertiary/aromatic N) is 2. The molecular formula is C25H21ClN2O6S. The van der Waals surface area contributed by atoms with Gasteiger partial charge < -0.3 is 18.6 Å². The van der Waals surface area contributed by atoms with Crippen molar-refractivity contribution in [1.82, 2.24) is 4.98 Å². The summed E-state index contributed by atoms with van der Waals surface area (Å²) in [5, 5.41) is 1.13. The van der Waals surface area contributed by atoms with Gasteiger partial charge in [0.1, 0.15) is 5.58 Å². The summed E-state index contributed by atoms with van der Waals surface area (Å²) in [6.45, 7) is 3.80. The molecule has 0 aliphatic carbocycles. The number of hydrogen-bond donors (Lipinski definition) is 0. The number of fused-ring (bicyclic) bond motifs is 2. The number of aryl methyl sites for hydroxylation is 2. The molecule has 180 valence electrons. The van der Waals surface area contributed by atoms with Crippen LogP contribution in [0.2, 0.25) is 5.02 Å². The van der Waals surface area contributed by atoms with E-state index in [0.29, 0.717) is 33.0 Å². The number of ether oxygens (including phenoxy) is 3. The number of anilines is 1. The summed E-state index contributed by atoms with van der Waals surface area (Å²) in [6, 6.07) is 7.34. The number of benzene rings is 2. The van der Waals surface area contributed by atoms with E-state index in [-0.39, 0.29) is 27.7 Å². The molecule has 0 saturated carbocycles. The maximum Gasteiger partial charge on any atom is 0.297 e. The van der Waals surface area contributed by atoms with Crippen LogP contribution in [0.1, 0.15) is 38.3 Å². The lowest BCUT2D eigenvalue weighted by Crippen LogP contribution is -2.29. The average Bonchev–Trinajstić information content (AvgIpc) is 3.34. The van der Waals surface area contributed by atoms with Crippen molar-refractivity contribution in [2.24, 2.45) is 0 Å². The molecule has 0 saturated heterocycles. The van der Waals surface area contributed by atoms with E-state index in [4.69, 9.17) is 30.2 Å². The Labute approximate surface area is 209 Å². The quantitative estimate of drug-likeness (QED) is 0.358. The molecule has 0 unspecified atom stereocenters. The predicted octanol–water partition coefficient (Wildman–Crippen LogP) is 5.30. The summed E-state index contributed by atoms with van der Waals surface area (Å²) >= 11 is 7.53. The van der Waals surface area contributed by atoms with E-state index >= 15 is 0 Å². The van der Waals surface area contributed by atoms with Gasteiger partial charge in [-0.25, -0.2) is 4.98 Å². The van der Waals surface area contributed by atoms with Crippen LogP contribution in [-0.2, 0) is 0 Å². The van der Waals surface area contributed by atoms with Gasteiger partial charge in [0.15, 0.2) is 22.1 Å². The third-order valence-electron chi connectivity index (χ3n) is 6.06. The summed E-state index contributed by atoms with van der Waals surface area (Å²) in [7, 11) is 4.51. The summed E-state index contributed by atoms with van der Waals surface area (Å²) < 4.78 is 22.5. The van der Waals surface area contributed by atoms with Crippen LogP contribution < -0.4 is 24.5 Å². The number of methoxy groups -OCH3 is 3. The Morgan fingerprint density at radius 3 is 2.29 bits per heavy atom. The van der Waals surface area contributed by atoms with Gasteiger partial charge >= 0.3 is 0 Å². The highest BCUT2D eigenvalue weighted by Crippen LogP contribution is 2.47. The van der Waals surface area contributed by atoms with Crippen molar-refractivity contribution < 1.29 is 23.4 Å². The predicted molar refractivity (Wildman–Crippen MR) is 134 cm³/mol. The van der Waals surface area contributed by atoms with Gasteiger partial charge in [-0.2, -0.15) is 0 Å². The zero-order valence-electron chi connectivity index (χ0n) is 19.6. The molecule has 0 N–H and O–H groups in total. The standard InChI is InChI=1S/C25H21ClN2O6S/c1-11-12(2)35-25(27-11)28-20(13-8-17(31-3)22(33-5)18(9-13)32-4)19-21(29)15-10-14(26)6-7-16(15)34-23(19)24(28)30/h6-10,20H,1-5H3/t20-/m1/s1. The molecule has 0 bridgehead atoms. The number of carbonyl (C=O) groups excluding carboxylic acids is 1. The Balaban J connectivity index is 1.85. The zero-order valence-corrected chi connectivity index (χ0v) is 21.2. The fraction of sp³-hybridized carbons (Fsp3) is 0.240. The highest BCUT2D eigenvalue weighted by molar-refractivity contribution is 7.15. The maximum atomic E-state index is 13.8. The summed E-state index contributed by atoms with van der Waals surface area (Å²) in [5.41, 5.74) is 1.51. The number of amides is 1. The van der Waals surface area contributed by atoms with E-state index in [0.717, 1.165) is 10.6 Å². The van der Waals surface area contributed by atoms with Crippen molar-refractivity contribution in [3.05, 3.63) is 73.0 Å². The van der Waals surface area contributed by atoms with Gasteiger partial charge in [-0.3, -0.25) is 14.5 Å². The topological polar surface area (TPSA) is 91.1 Å². The number of rotatable bonds is 5. The molecule has 0 radical (unpaired) electrons. The van der Waals surface area contributed by atoms with Gasteiger partial charge in [0, 0.05) is 9.90 Å². The zero-order chi connectivity index (χ0) is 25.0. The number of halogens is 1. The first-order valence-electron chi connectivity index (χ1n) is 10.6. The first-order valence-corrected chi connectivity index (χ1v) is 11.8. The highest BCUT2D eigenvalue weighted by atomic mass is 35.5. The van der Waals surface area contributed by atoms with E-state index in [1.165, 1.54) is 37.6 Å². The fourth-order valence-corrected chi connectivity index (χ4v) is 5.38. The third-order valence-corrected chi connectivity index (χ3v) is 7.37. The van der Waals surface area contributed by atoms with Crippen LogP contribution in [0.5, 0.6) is 17.2 Å². The Morgan fingerprint density at radius 1 is 1.03 bits per heavy atom. The molecule has 0 spiro atoms. The molecule has 1 amide bonds. The van der Waals surface area contributed by atoms with Crippen LogP contribution in [0.15, 0.2) is 39.5 Å². The van der Waals surface area contributed by atoms with Crippen molar-refractivity contribution in [3.8, 4) is 17.2 Å². The molecule has 8 nitrogen and oxygen atoms in total. The van der Waals surface area contributed by atoms with Gasteiger partial charge in [0.2, 0.25) is 11.5 Å². The third kappa shape index (κ3) is 3.54. The summed E-state index contributed by atoms with van der Waals surface area (Å²) in [6.07, 6.45) is 0. The molecule has 5 rings (SSSR count). The molecule has 35 heavy (non-hydrogen) atoms. The number of aromatic nitrogens is 1. The van der Waals surface area contributed by atoms with Gasteiger partial charge in [0.05, 0.1) is 44.0 Å². The Kier molecular flexibility index (Phi) is 5.69. The van der Waals surface area contributed by atoms with E-state index in [1.54, 1.807) is 30.3 Å². The minimum atomic E-state index is -0.837. The number of carbonyl (C=O) groups is 1. The molecule has 2 aromatic carbocycles. The van der Waals surface area contributed by atoms with Gasteiger partial charge in [-0.15, -0.1) is 11.3 Å². The van der Waals surface area contributed by atoms with Gasteiger partial charge in [-0.05, 0) is 49.7 Å².